The standard InChI is InChI=1S/C22H22N4OS/c1-13(2)15-5-4-6-16(10-15)25-19(27)11-28-22-21-20(23-12-24-22)17-9-14(3)7-8-18(17)26-21/h4-10,12-13,26H,11H2,1-3H3,(H,25,27). The van der Waals surface area contributed by atoms with Crippen molar-refractivity contribution in [2.45, 2.75) is 31.7 Å². The predicted octanol–water partition coefficient (Wildman–Crippen LogP) is 5.27. The molecule has 2 N–H and O–H groups in total. The minimum absolute atomic E-state index is 0.0513. The Hall–Kier alpha value is -2.86. The number of amides is 1. The first-order chi connectivity index (χ1) is 13.5. The predicted molar refractivity (Wildman–Crippen MR) is 116 cm³/mol. The Kier molecular flexibility index (Phi) is 5.05. The van der Waals surface area contributed by atoms with Gasteiger partial charge < -0.3 is 10.3 Å². The highest BCUT2D eigenvalue weighted by Gasteiger charge is 2.13. The van der Waals surface area contributed by atoms with E-state index in [1.165, 1.54) is 22.9 Å². The van der Waals surface area contributed by atoms with Crippen molar-refractivity contribution in [2.75, 3.05) is 11.1 Å². The number of thioether (sulfide) groups is 1. The average molecular weight is 391 g/mol. The molecule has 2 aromatic heterocycles. The van der Waals surface area contributed by atoms with Crippen LogP contribution in [-0.4, -0.2) is 26.6 Å². The SMILES string of the molecule is Cc1ccc2[nH]c3c(SCC(=O)Nc4cccc(C(C)C)c4)ncnc3c2c1. The minimum Gasteiger partial charge on any atom is -0.351 e. The molecule has 6 heteroatoms. The highest BCUT2D eigenvalue weighted by molar-refractivity contribution is 8.00. The Morgan fingerprint density at radius 1 is 1.18 bits per heavy atom. The number of nitrogens with zero attached hydrogens (tertiary/aromatic N) is 2. The van der Waals surface area contributed by atoms with Crippen molar-refractivity contribution in [2.24, 2.45) is 0 Å². The summed E-state index contributed by atoms with van der Waals surface area (Å²) in [6.07, 6.45) is 1.56. The Morgan fingerprint density at radius 3 is 2.86 bits per heavy atom. The summed E-state index contributed by atoms with van der Waals surface area (Å²) >= 11 is 1.41. The van der Waals surface area contributed by atoms with Gasteiger partial charge in [0.1, 0.15) is 16.9 Å². The zero-order valence-electron chi connectivity index (χ0n) is 16.1. The van der Waals surface area contributed by atoms with Gasteiger partial charge in [-0.1, -0.05) is 49.4 Å². The van der Waals surface area contributed by atoms with Crippen molar-refractivity contribution in [1.29, 1.82) is 0 Å². The minimum atomic E-state index is -0.0513. The summed E-state index contributed by atoms with van der Waals surface area (Å²) in [5, 5.41) is 4.84. The number of aromatic nitrogens is 3. The van der Waals surface area contributed by atoms with E-state index < -0.39 is 0 Å². The fraction of sp³-hybridized carbons (Fsp3) is 0.227. The summed E-state index contributed by atoms with van der Waals surface area (Å²) in [7, 11) is 0. The number of aryl methyl sites for hydroxylation is 1. The molecule has 0 aliphatic carbocycles. The Bertz CT molecular complexity index is 1170. The van der Waals surface area contributed by atoms with Crippen molar-refractivity contribution in [3.8, 4) is 0 Å². The van der Waals surface area contributed by atoms with Crippen LogP contribution in [0.15, 0.2) is 53.8 Å². The van der Waals surface area contributed by atoms with Crippen molar-refractivity contribution in [3.05, 3.63) is 59.9 Å². The van der Waals surface area contributed by atoms with E-state index in [-0.39, 0.29) is 11.7 Å². The molecule has 1 amide bonds. The largest absolute Gasteiger partial charge is 0.351 e. The van der Waals surface area contributed by atoms with Gasteiger partial charge in [-0.05, 0) is 42.7 Å². The lowest BCUT2D eigenvalue weighted by atomic mass is 10.0. The van der Waals surface area contributed by atoms with Crippen molar-refractivity contribution in [1.82, 2.24) is 15.0 Å². The van der Waals surface area contributed by atoms with Gasteiger partial charge in [-0.2, -0.15) is 0 Å². The molecule has 0 atom stereocenters. The third-order valence-electron chi connectivity index (χ3n) is 4.68. The van der Waals surface area contributed by atoms with Gasteiger partial charge in [-0.3, -0.25) is 4.79 Å². The van der Waals surface area contributed by atoms with Crippen LogP contribution in [0.4, 0.5) is 5.69 Å². The van der Waals surface area contributed by atoms with Gasteiger partial charge >= 0.3 is 0 Å². The lowest BCUT2D eigenvalue weighted by Gasteiger charge is -2.09. The van der Waals surface area contributed by atoms with E-state index in [9.17, 15) is 4.79 Å². The third kappa shape index (κ3) is 3.73. The van der Waals surface area contributed by atoms with Crippen LogP contribution in [0.3, 0.4) is 0 Å². The number of nitrogens with one attached hydrogen (secondary N) is 2. The van der Waals surface area contributed by atoms with Crippen LogP contribution in [0.1, 0.15) is 30.9 Å². The Balaban J connectivity index is 1.52. The van der Waals surface area contributed by atoms with E-state index in [4.69, 9.17) is 0 Å². The fourth-order valence-electron chi connectivity index (χ4n) is 3.20. The lowest BCUT2D eigenvalue weighted by molar-refractivity contribution is -0.113. The van der Waals surface area contributed by atoms with Crippen LogP contribution in [-0.2, 0) is 4.79 Å². The summed E-state index contributed by atoms with van der Waals surface area (Å²) in [6, 6.07) is 14.2. The number of carbonyl (C=O) groups excluding carboxylic acids is 1. The molecular formula is C22H22N4OS. The number of carbonyl (C=O) groups is 1. The normalized spacial score (nSPS) is 11.4. The number of H-pyrrole nitrogens is 1. The molecule has 0 saturated heterocycles. The summed E-state index contributed by atoms with van der Waals surface area (Å²) in [4.78, 5) is 24.6. The smallest absolute Gasteiger partial charge is 0.234 e. The molecule has 0 radical (unpaired) electrons. The second-order valence-corrected chi connectivity index (χ2v) is 8.16. The Labute approximate surface area is 168 Å². The van der Waals surface area contributed by atoms with E-state index in [2.05, 4.69) is 65.3 Å². The molecule has 0 fully saturated rings. The number of fused-ring (bicyclic) bond motifs is 3. The second kappa shape index (κ2) is 7.64. The van der Waals surface area contributed by atoms with Crippen molar-refractivity contribution >= 4 is 45.3 Å². The van der Waals surface area contributed by atoms with Gasteiger partial charge in [0.25, 0.3) is 0 Å². The lowest BCUT2D eigenvalue weighted by Crippen LogP contribution is -2.14. The number of anilines is 1. The summed E-state index contributed by atoms with van der Waals surface area (Å²) in [5.74, 6) is 0.655. The average Bonchev–Trinajstić information content (AvgIpc) is 3.05. The fourth-order valence-corrected chi connectivity index (χ4v) is 3.95. The number of benzene rings is 2. The van der Waals surface area contributed by atoms with Crippen molar-refractivity contribution in [3.63, 3.8) is 0 Å². The van der Waals surface area contributed by atoms with E-state index in [0.717, 1.165) is 32.6 Å². The topological polar surface area (TPSA) is 70.7 Å². The second-order valence-electron chi connectivity index (χ2n) is 7.19. The molecule has 28 heavy (non-hydrogen) atoms. The number of hydrogen-bond donors (Lipinski definition) is 2. The van der Waals surface area contributed by atoms with Gasteiger partial charge in [0, 0.05) is 16.6 Å². The first kappa shape index (κ1) is 18.5. The zero-order chi connectivity index (χ0) is 19.7. The van der Waals surface area contributed by atoms with Gasteiger partial charge in [0.05, 0.1) is 11.3 Å². The molecule has 0 spiro atoms. The van der Waals surface area contributed by atoms with Crippen molar-refractivity contribution < 1.29 is 4.79 Å². The molecule has 0 aliphatic rings. The number of aromatic amines is 1. The van der Waals surface area contributed by atoms with E-state index in [0.29, 0.717) is 5.92 Å². The highest BCUT2D eigenvalue weighted by atomic mass is 32.2. The van der Waals surface area contributed by atoms with E-state index >= 15 is 0 Å². The quantitative estimate of drug-likeness (QED) is 0.359. The molecule has 0 aliphatic heterocycles. The molecule has 0 bridgehead atoms. The zero-order valence-corrected chi connectivity index (χ0v) is 16.9. The maximum atomic E-state index is 12.4. The molecule has 2 heterocycles. The molecule has 2 aromatic carbocycles. The van der Waals surface area contributed by atoms with Crippen LogP contribution in [0.5, 0.6) is 0 Å². The molecule has 4 aromatic rings. The van der Waals surface area contributed by atoms with Gasteiger partial charge in [0.15, 0.2) is 0 Å². The van der Waals surface area contributed by atoms with Gasteiger partial charge in [-0.25, -0.2) is 9.97 Å². The molecule has 0 unspecified atom stereocenters. The van der Waals surface area contributed by atoms with Gasteiger partial charge in [0.2, 0.25) is 5.91 Å². The van der Waals surface area contributed by atoms with Crippen LogP contribution in [0.25, 0.3) is 21.9 Å². The first-order valence-corrected chi connectivity index (χ1v) is 10.3. The van der Waals surface area contributed by atoms with Crippen LogP contribution >= 0.6 is 11.8 Å². The van der Waals surface area contributed by atoms with E-state index in [1.807, 2.05) is 18.2 Å². The van der Waals surface area contributed by atoms with Crippen LogP contribution < -0.4 is 5.32 Å². The summed E-state index contributed by atoms with van der Waals surface area (Å²) in [5.41, 5.74) is 6.01. The molecule has 5 nitrogen and oxygen atoms in total. The molecular weight excluding hydrogens is 368 g/mol. The monoisotopic (exact) mass is 390 g/mol. The maximum absolute atomic E-state index is 12.4. The number of rotatable bonds is 5. The maximum Gasteiger partial charge on any atom is 0.234 e. The third-order valence-corrected chi connectivity index (χ3v) is 5.67. The van der Waals surface area contributed by atoms with E-state index in [1.54, 1.807) is 6.33 Å². The van der Waals surface area contributed by atoms with Gasteiger partial charge in [-0.15, -0.1) is 0 Å². The van der Waals surface area contributed by atoms with Crippen LogP contribution in [0, 0.1) is 6.92 Å². The molecule has 4 rings (SSSR count). The summed E-state index contributed by atoms with van der Waals surface area (Å²) < 4.78 is 0. The summed E-state index contributed by atoms with van der Waals surface area (Å²) in [6.45, 7) is 6.34. The molecule has 0 saturated carbocycles. The van der Waals surface area contributed by atoms with Crippen LogP contribution in [0.2, 0.25) is 0 Å². The first-order valence-electron chi connectivity index (χ1n) is 9.27. The Morgan fingerprint density at radius 2 is 2.04 bits per heavy atom. The highest BCUT2D eigenvalue weighted by Crippen LogP contribution is 2.30. The molecule has 142 valence electrons. The number of hydrogen-bond acceptors (Lipinski definition) is 4.